The van der Waals surface area contributed by atoms with Crippen molar-refractivity contribution in [3.8, 4) is 5.75 Å². The molecular weight excluding hydrogens is 272 g/mol. The highest BCUT2D eigenvalue weighted by atomic mass is 16.6. The highest BCUT2D eigenvalue weighted by molar-refractivity contribution is 5.95. The van der Waals surface area contributed by atoms with Gasteiger partial charge in [-0.15, -0.1) is 0 Å². The smallest absolute Gasteiger partial charge is 0.360 e. The zero-order valence-electron chi connectivity index (χ0n) is 10.4. The number of hydrogen-bond acceptors (Lipinski definition) is 7. The molecule has 1 aromatic carbocycles. The molecule has 0 radical (unpaired) electrons. The fourth-order valence-corrected chi connectivity index (χ4v) is 1.94. The van der Waals surface area contributed by atoms with Crippen LogP contribution in [0.1, 0.15) is 11.1 Å². The first-order valence-corrected chi connectivity index (χ1v) is 5.34. The van der Waals surface area contributed by atoms with Crippen LogP contribution in [0.2, 0.25) is 0 Å². The molecule has 0 fully saturated rings. The minimum Gasteiger partial charge on any atom is -0.497 e. The second kappa shape index (κ2) is 4.30. The van der Waals surface area contributed by atoms with Gasteiger partial charge in [0.05, 0.1) is 9.85 Å². The second-order valence-corrected chi connectivity index (χ2v) is 4.14. The molecule has 0 saturated carbocycles. The fraction of sp³-hybridized carbons (Fsp3) is 0.182. The molecule has 0 atom stereocenters. The average Bonchev–Trinajstić information content (AvgIpc) is 2.31. The molecule has 0 spiro atoms. The number of nitrogens with zero attached hydrogens (tertiary/aromatic N) is 2. The van der Waals surface area contributed by atoms with Gasteiger partial charge in [0.1, 0.15) is 0 Å². The molecule has 9 heteroatoms. The summed E-state index contributed by atoms with van der Waals surface area (Å²) in [6.45, 7) is 2.72. The highest BCUT2D eigenvalue weighted by Crippen LogP contribution is 2.44. The van der Waals surface area contributed by atoms with E-state index in [1.165, 1.54) is 19.9 Å². The maximum atomic E-state index is 11.4. The first kappa shape index (κ1) is 13.5. The molecule has 9 nitrogen and oxygen atoms in total. The van der Waals surface area contributed by atoms with E-state index in [1.807, 2.05) is 0 Å². The molecule has 2 rings (SSSR count). The monoisotopic (exact) mass is 280 g/mol. The SMILES string of the molecule is Cc1cc2c(C)c([N+](=O)[O-])c(O)c([N+](=O)[O-])c2oc1=O. The van der Waals surface area contributed by atoms with Crippen LogP contribution >= 0.6 is 0 Å². The zero-order valence-corrected chi connectivity index (χ0v) is 10.4. The number of hydrogen-bond donors (Lipinski definition) is 1. The van der Waals surface area contributed by atoms with E-state index in [0.717, 1.165) is 0 Å². The van der Waals surface area contributed by atoms with Crippen LogP contribution < -0.4 is 5.63 Å². The summed E-state index contributed by atoms with van der Waals surface area (Å²) in [6, 6.07) is 1.26. The van der Waals surface area contributed by atoms with Gasteiger partial charge in [0.15, 0.2) is 0 Å². The molecule has 0 unspecified atom stereocenters. The van der Waals surface area contributed by atoms with Crippen LogP contribution in [-0.2, 0) is 0 Å². The third-order valence-corrected chi connectivity index (χ3v) is 2.91. The lowest BCUT2D eigenvalue weighted by molar-refractivity contribution is -0.395. The number of rotatable bonds is 2. The van der Waals surface area contributed by atoms with Crippen LogP contribution in [0.15, 0.2) is 15.3 Å². The van der Waals surface area contributed by atoms with Crippen molar-refractivity contribution in [3.63, 3.8) is 0 Å². The number of aryl methyl sites for hydroxylation is 2. The molecule has 0 saturated heterocycles. The predicted octanol–water partition coefficient (Wildman–Crippen LogP) is 1.93. The van der Waals surface area contributed by atoms with Crippen molar-refractivity contribution in [2.45, 2.75) is 13.8 Å². The maximum Gasteiger partial charge on any atom is 0.360 e. The first-order chi connectivity index (χ1) is 9.25. The largest absolute Gasteiger partial charge is 0.497 e. The summed E-state index contributed by atoms with van der Waals surface area (Å²) in [5.74, 6) is -1.13. The van der Waals surface area contributed by atoms with Crippen LogP contribution in [0.3, 0.4) is 0 Å². The van der Waals surface area contributed by atoms with Crippen LogP contribution in [0.4, 0.5) is 11.4 Å². The maximum absolute atomic E-state index is 11.4. The Balaban J connectivity index is 3.15. The zero-order chi connectivity index (χ0) is 15.2. The van der Waals surface area contributed by atoms with Gasteiger partial charge in [-0.05, 0) is 19.9 Å². The van der Waals surface area contributed by atoms with Gasteiger partial charge in [-0.2, -0.15) is 0 Å². The Bertz CT molecular complexity index is 822. The molecule has 1 heterocycles. The number of phenols is 1. The summed E-state index contributed by atoms with van der Waals surface area (Å²) in [7, 11) is 0. The van der Waals surface area contributed by atoms with Crippen molar-refractivity contribution in [1.29, 1.82) is 0 Å². The Morgan fingerprint density at radius 3 is 2.20 bits per heavy atom. The van der Waals surface area contributed by atoms with E-state index >= 15 is 0 Å². The topological polar surface area (TPSA) is 137 Å². The van der Waals surface area contributed by atoms with Crippen molar-refractivity contribution >= 4 is 22.3 Å². The Kier molecular flexibility index (Phi) is 2.89. The Hall–Kier alpha value is -2.97. The van der Waals surface area contributed by atoms with E-state index in [1.54, 1.807) is 0 Å². The van der Waals surface area contributed by atoms with Gasteiger partial charge in [-0.3, -0.25) is 20.2 Å². The van der Waals surface area contributed by atoms with Gasteiger partial charge in [0, 0.05) is 16.5 Å². The molecule has 0 bridgehead atoms. The number of nitro benzene ring substituents is 2. The molecule has 1 N–H and O–H groups in total. The number of nitro groups is 2. The Morgan fingerprint density at radius 1 is 1.15 bits per heavy atom. The number of aromatic hydroxyl groups is 1. The minimum absolute atomic E-state index is 0.0139. The average molecular weight is 280 g/mol. The van der Waals surface area contributed by atoms with Gasteiger partial charge < -0.3 is 9.52 Å². The third kappa shape index (κ3) is 1.76. The molecule has 104 valence electrons. The Labute approximate surface area is 110 Å². The lowest BCUT2D eigenvalue weighted by Crippen LogP contribution is -2.05. The van der Waals surface area contributed by atoms with Gasteiger partial charge >= 0.3 is 17.0 Å². The molecule has 2 aromatic rings. The van der Waals surface area contributed by atoms with Gasteiger partial charge in [-0.1, -0.05) is 0 Å². The van der Waals surface area contributed by atoms with E-state index < -0.39 is 38.2 Å². The lowest BCUT2D eigenvalue weighted by Gasteiger charge is -2.06. The lowest BCUT2D eigenvalue weighted by atomic mass is 10.0. The normalized spacial score (nSPS) is 10.7. The van der Waals surface area contributed by atoms with E-state index in [4.69, 9.17) is 4.42 Å². The standard InChI is InChI=1S/C11H8N2O7/c1-4-3-6-5(2)7(12(16)17)9(14)8(13(18)19)10(6)20-11(4)15/h3,14H,1-2H3. The molecule has 0 aliphatic heterocycles. The van der Waals surface area contributed by atoms with E-state index in [9.17, 15) is 30.1 Å². The first-order valence-electron chi connectivity index (χ1n) is 5.34. The predicted molar refractivity (Wildman–Crippen MR) is 66.9 cm³/mol. The summed E-state index contributed by atoms with van der Waals surface area (Å²) in [5.41, 5.74) is -2.93. The number of fused-ring (bicyclic) bond motifs is 1. The summed E-state index contributed by atoms with van der Waals surface area (Å²) < 4.78 is 4.80. The molecule has 20 heavy (non-hydrogen) atoms. The molecule has 1 aromatic heterocycles. The van der Waals surface area contributed by atoms with Crippen molar-refractivity contribution < 1.29 is 19.4 Å². The summed E-state index contributed by atoms with van der Waals surface area (Å²) >= 11 is 0. The van der Waals surface area contributed by atoms with E-state index in [0.29, 0.717) is 0 Å². The number of phenolic OH excluding ortho intramolecular Hbond substituents is 1. The van der Waals surface area contributed by atoms with Crippen molar-refractivity contribution in [2.24, 2.45) is 0 Å². The highest BCUT2D eigenvalue weighted by Gasteiger charge is 2.33. The van der Waals surface area contributed by atoms with Crippen LogP contribution in [-0.4, -0.2) is 15.0 Å². The second-order valence-electron chi connectivity index (χ2n) is 4.14. The van der Waals surface area contributed by atoms with Crippen molar-refractivity contribution in [1.82, 2.24) is 0 Å². The van der Waals surface area contributed by atoms with E-state index in [-0.39, 0.29) is 16.5 Å². The summed E-state index contributed by atoms with van der Waals surface area (Å²) in [5, 5.41) is 31.7. The summed E-state index contributed by atoms with van der Waals surface area (Å²) in [4.78, 5) is 31.4. The fourth-order valence-electron chi connectivity index (χ4n) is 1.94. The molecule has 0 aliphatic rings. The van der Waals surface area contributed by atoms with E-state index in [2.05, 4.69) is 0 Å². The summed E-state index contributed by atoms with van der Waals surface area (Å²) in [6.07, 6.45) is 0. The van der Waals surface area contributed by atoms with Crippen molar-refractivity contribution in [2.75, 3.05) is 0 Å². The van der Waals surface area contributed by atoms with Crippen LogP contribution in [0, 0.1) is 34.1 Å². The molecule has 0 amide bonds. The van der Waals surface area contributed by atoms with Crippen LogP contribution in [0.5, 0.6) is 5.75 Å². The molecule has 0 aliphatic carbocycles. The molecular formula is C11H8N2O7. The van der Waals surface area contributed by atoms with Crippen molar-refractivity contribution in [3.05, 3.63) is 47.8 Å². The minimum atomic E-state index is -1.13. The van der Waals surface area contributed by atoms with Gasteiger partial charge in [0.2, 0.25) is 5.58 Å². The quantitative estimate of drug-likeness (QED) is 0.504. The third-order valence-electron chi connectivity index (χ3n) is 2.91. The Morgan fingerprint density at radius 2 is 1.70 bits per heavy atom. The van der Waals surface area contributed by atoms with Gasteiger partial charge in [0.25, 0.3) is 5.75 Å². The van der Waals surface area contributed by atoms with Gasteiger partial charge in [-0.25, -0.2) is 4.79 Å². The number of benzene rings is 1. The van der Waals surface area contributed by atoms with Crippen LogP contribution in [0.25, 0.3) is 11.0 Å².